The first-order valence-corrected chi connectivity index (χ1v) is 5.52. The molecule has 0 heterocycles. The highest BCUT2D eigenvalue weighted by molar-refractivity contribution is 7.88. The number of para-hydroxylation sites is 1. The van der Waals surface area contributed by atoms with Crippen LogP contribution in [0, 0.1) is 0 Å². The molecule has 0 aliphatic rings. The molecule has 0 unspecified atom stereocenters. The second-order valence-corrected chi connectivity index (χ2v) is 4.43. The predicted octanol–water partition coefficient (Wildman–Crippen LogP) is -0.405. The third-order valence-corrected chi connectivity index (χ3v) is 2.65. The van der Waals surface area contributed by atoms with Crippen LogP contribution in [-0.4, -0.2) is 31.1 Å². The molecule has 0 aliphatic carbocycles. The first-order valence-electron chi connectivity index (χ1n) is 4.11. The van der Waals surface area contributed by atoms with Crippen LogP contribution in [0.4, 0.5) is 13.2 Å². The van der Waals surface area contributed by atoms with Crippen LogP contribution in [0.5, 0.6) is 5.75 Å². The van der Waals surface area contributed by atoms with Crippen molar-refractivity contribution in [3.05, 3.63) is 24.3 Å². The van der Waals surface area contributed by atoms with Crippen LogP contribution < -0.4 is 9.65 Å². The topological polar surface area (TPSA) is 83.8 Å². The van der Waals surface area contributed by atoms with Gasteiger partial charge in [0.1, 0.15) is 5.75 Å². The molecule has 0 amide bonds. The van der Waals surface area contributed by atoms with Gasteiger partial charge in [-0.1, -0.05) is 18.2 Å². The molecule has 17 heavy (non-hydrogen) atoms. The zero-order valence-corrected chi connectivity index (χ0v) is 8.86. The third-order valence-electron chi connectivity index (χ3n) is 1.68. The smallest absolute Gasteiger partial charge is 0.423 e. The van der Waals surface area contributed by atoms with Gasteiger partial charge in [-0.25, -0.2) is 0 Å². The Kier molecular flexibility index (Phi) is 3.70. The van der Waals surface area contributed by atoms with Crippen LogP contribution in [0.15, 0.2) is 24.3 Å². The van der Waals surface area contributed by atoms with Gasteiger partial charge in [-0.3, -0.25) is 0 Å². The summed E-state index contributed by atoms with van der Waals surface area (Å²) in [6, 6.07) is 4.36. The average Bonchev–Trinajstić information content (AvgIpc) is 2.15. The van der Waals surface area contributed by atoms with E-state index >= 15 is 0 Å². The monoisotopic (exact) mass is 270 g/mol. The van der Waals surface area contributed by atoms with E-state index in [-0.39, 0.29) is 0 Å². The fourth-order valence-corrected chi connectivity index (χ4v) is 1.42. The van der Waals surface area contributed by atoms with E-state index in [1.165, 1.54) is 12.1 Å². The standard InChI is InChI=1S/C7H6BF3O5S/c9-7(10,11)17(14,15)16-6-4-2-1-3-5(6)8(12)13/h1-4,12-13H. The molecule has 1 aromatic rings. The Morgan fingerprint density at radius 3 is 2.18 bits per heavy atom. The molecule has 10 heteroatoms. The summed E-state index contributed by atoms with van der Waals surface area (Å²) in [6.07, 6.45) is 0. The van der Waals surface area contributed by atoms with E-state index in [0.717, 1.165) is 12.1 Å². The van der Waals surface area contributed by atoms with Crippen LogP contribution in [-0.2, 0) is 10.1 Å². The maximum atomic E-state index is 12.0. The van der Waals surface area contributed by atoms with E-state index in [0.29, 0.717) is 0 Å². The molecule has 5 nitrogen and oxygen atoms in total. The lowest BCUT2D eigenvalue weighted by molar-refractivity contribution is -0.0499. The van der Waals surface area contributed by atoms with E-state index in [1.807, 2.05) is 0 Å². The van der Waals surface area contributed by atoms with Gasteiger partial charge in [0.2, 0.25) is 0 Å². The lowest BCUT2D eigenvalue weighted by Crippen LogP contribution is -2.35. The summed E-state index contributed by atoms with van der Waals surface area (Å²) in [6.45, 7) is 0. The molecule has 0 bridgehead atoms. The Morgan fingerprint density at radius 2 is 1.71 bits per heavy atom. The summed E-state index contributed by atoms with van der Waals surface area (Å²) in [5.74, 6) is -0.792. The third kappa shape index (κ3) is 3.11. The molecule has 0 atom stereocenters. The van der Waals surface area contributed by atoms with Crippen molar-refractivity contribution in [1.82, 2.24) is 0 Å². The fourth-order valence-electron chi connectivity index (χ4n) is 0.935. The van der Waals surface area contributed by atoms with E-state index in [1.54, 1.807) is 0 Å². The first-order chi connectivity index (χ1) is 7.65. The van der Waals surface area contributed by atoms with Gasteiger partial charge in [0.25, 0.3) is 0 Å². The molecule has 0 spiro atoms. The van der Waals surface area contributed by atoms with Crippen molar-refractivity contribution in [3.8, 4) is 5.75 Å². The average molecular weight is 270 g/mol. The van der Waals surface area contributed by atoms with Crippen LogP contribution in [0.25, 0.3) is 0 Å². The van der Waals surface area contributed by atoms with Crippen LogP contribution in [0.2, 0.25) is 0 Å². The lowest BCUT2D eigenvalue weighted by Gasteiger charge is -2.12. The number of benzene rings is 1. The molecule has 0 aliphatic heterocycles. The van der Waals surface area contributed by atoms with E-state index in [4.69, 9.17) is 10.0 Å². The van der Waals surface area contributed by atoms with Crippen LogP contribution >= 0.6 is 0 Å². The number of hydrogen-bond donors (Lipinski definition) is 2. The maximum absolute atomic E-state index is 12.0. The van der Waals surface area contributed by atoms with E-state index < -0.39 is 34.0 Å². The SMILES string of the molecule is O=S(=O)(Oc1ccccc1B(O)O)C(F)(F)F. The van der Waals surface area contributed by atoms with Crippen LogP contribution in [0.3, 0.4) is 0 Å². The maximum Gasteiger partial charge on any atom is 0.534 e. The van der Waals surface area contributed by atoms with Crippen LogP contribution in [0.1, 0.15) is 0 Å². The van der Waals surface area contributed by atoms with Crippen molar-refractivity contribution in [2.75, 3.05) is 0 Å². The van der Waals surface area contributed by atoms with Crippen molar-refractivity contribution in [2.24, 2.45) is 0 Å². The summed E-state index contributed by atoms with van der Waals surface area (Å²) < 4.78 is 61.2. The highest BCUT2D eigenvalue weighted by atomic mass is 32.2. The van der Waals surface area contributed by atoms with Crippen molar-refractivity contribution in [2.45, 2.75) is 5.51 Å². The number of hydrogen-bond acceptors (Lipinski definition) is 5. The minimum absolute atomic E-state index is 0.486. The quantitative estimate of drug-likeness (QED) is 0.443. The molecule has 94 valence electrons. The zero-order valence-electron chi connectivity index (χ0n) is 8.05. The molecule has 0 saturated heterocycles. The predicted molar refractivity (Wildman–Crippen MR) is 51.9 cm³/mol. The van der Waals surface area contributed by atoms with Gasteiger partial charge in [-0.05, 0) is 6.07 Å². The summed E-state index contributed by atoms with van der Waals surface area (Å²) in [7, 11) is -7.97. The number of alkyl halides is 3. The van der Waals surface area contributed by atoms with Crippen molar-refractivity contribution >= 4 is 22.7 Å². The molecular weight excluding hydrogens is 264 g/mol. The molecule has 2 N–H and O–H groups in total. The molecule has 0 aromatic heterocycles. The molecule has 1 aromatic carbocycles. The van der Waals surface area contributed by atoms with Crippen molar-refractivity contribution in [1.29, 1.82) is 0 Å². The van der Waals surface area contributed by atoms with Gasteiger partial charge in [-0.15, -0.1) is 0 Å². The van der Waals surface area contributed by atoms with Gasteiger partial charge in [0, 0.05) is 5.46 Å². The molecule has 0 radical (unpaired) electrons. The summed E-state index contributed by atoms with van der Waals surface area (Å²) in [4.78, 5) is 0. The van der Waals surface area contributed by atoms with Gasteiger partial charge < -0.3 is 14.2 Å². The molecular formula is C7H6BF3O5S. The number of rotatable bonds is 3. The zero-order chi connectivity index (χ0) is 13.3. The summed E-state index contributed by atoms with van der Waals surface area (Å²) in [5.41, 5.74) is -6.07. The molecule has 1 rings (SSSR count). The van der Waals surface area contributed by atoms with E-state index in [9.17, 15) is 21.6 Å². The Hall–Kier alpha value is -1.26. The second kappa shape index (κ2) is 4.55. The fraction of sp³-hybridized carbons (Fsp3) is 0.143. The van der Waals surface area contributed by atoms with Crippen molar-refractivity contribution < 1.29 is 35.8 Å². The summed E-state index contributed by atoms with van der Waals surface area (Å²) >= 11 is 0. The molecule has 0 fully saturated rings. The highest BCUT2D eigenvalue weighted by Crippen LogP contribution is 2.26. The normalized spacial score (nSPS) is 12.3. The number of halogens is 3. The minimum atomic E-state index is -5.83. The van der Waals surface area contributed by atoms with E-state index in [2.05, 4.69) is 4.18 Å². The van der Waals surface area contributed by atoms with Crippen molar-refractivity contribution in [3.63, 3.8) is 0 Å². The van der Waals surface area contributed by atoms with Gasteiger partial charge >= 0.3 is 22.7 Å². The first kappa shape index (κ1) is 13.8. The summed E-state index contributed by atoms with van der Waals surface area (Å²) in [5, 5.41) is 17.6. The lowest BCUT2D eigenvalue weighted by atomic mass is 9.80. The Labute approximate surface area is 94.7 Å². The largest absolute Gasteiger partial charge is 0.534 e. The Bertz CT molecular complexity index is 498. The second-order valence-electron chi connectivity index (χ2n) is 2.89. The Morgan fingerprint density at radius 1 is 1.18 bits per heavy atom. The van der Waals surface area contributed by atoms with Gasteiger partial charge in [-0.2, -0.15) is 21.6 Å². The molecule has 0 saturated carbocycles. The highest BCUT2D eigenvalue weighted by Gasteiger charge is 2.49. The Balaban J connectivity index is 3.13. The minimum Gasteiger partial charge on any atom is -0.423 e. The van der Waals surface area contributed by atoms with Gasteiger partial charge in [0.05, 0.1) is 0 Å². The van der Waals surface area contributed by atoms with Gasteiger partial charge in [0.15, 0.2) is 0 Å².